The Morgan fingerprint density at radius 2 is 1.00 bits per heavy atom. The van der Waals surface area contributed by atoms with Crippen molar-refractivity contribution in [3.63, 3.8) is 0 Å². The summed E-state index contributed by atoms with van der Waals surface area (Å²) in [5.41, 5.74) is 6.30. The van der Waals surface area contributed by atoms with Gasteiger partial charge in [-0.25, -0.2) is 0 Å². The Hall–Kier alpha value is -1.04. The highest BCUT2D eigenvalue weighted by atomic mass is 14.1. The van der Waals surface area contributed by atoms with Gasteiger partial charge in [0.15, 0.2) is 0 Å². The van der Waals surface area contributed by atoms with E-state index < -0.39 is 0 Å². The minimum atomic E-state index is 1.17. The van der Waals surface area contributed by atoms with E-state index in [-0.39, 0.29) is 0 Å². The fourth-order valence-electron chi connectivity index (χ4n) is 2.33. The predicted molar refractivity (Wildman–Crippen MR) is 75.2 cm³/mol. The van der Waals surface area contributed by atoms with E-state index in [1.54, 1.807) is 22.3 Å². The first-order chi connectivity index (χ1) is 7.78. The molecule has 1 aromatic rings. The van der Waals surface area contributed by atoms with Crippen LogP contribution in [0.1, 0.15) is 49.9 Å². The van der Waals surface area contributed by atoms with Gasteiger partial charge in [0.2, 0.25) is 0 Å². The highest BCUT2D eigenvalue weighted by Gasteiger charge is 2.07. The number of aryl methyl sites for hydroxylation is 2. The first-order valence-corrected chi connectivity index (χ1v) is 6.40. The maximum absolute atomic E-state index is 3.00. The maximum Gasteiger partial charge on any atom is -0.0302 e. The molecule has 0 heteroatoms. The number of hydrogen-bond acceptors (Lipinski definition) is 0. The highest BCUT2D eigenvalue weighted by molar-refractivity contribution is 5.41. The van der Waals surface area contributed by atoms with Gasteiger partial charge in [-0.1, -0.05) is 39.8 Å². The van der Waals surface area contributed by atoms with E-state index in [1.807, 2.05) is 0 Å². The minimum absolute atomic E-state index is 1.17. The Balaban J connectivity index is 0.00000106. The van der Waals surface area contributed by atoms with Gasteiger partial charge in [-0.2, -0.15) is 0 Å². The third-order valence-corrected chi connectivity index (χ3v) is 3.09. The number of benzene rings is 1. The molecule has 0 aliphatic rings. The van der Waals surface area contributed by atoms with E-state index in [4.69, 9.17) is 0 Å². The summed E-state index contributed by atoms with van der Waals surface area (Å²) in [6.45, 7) is 15.0. The Labute approximate surface area is 101 Å². The van der Waals surface area contributed by atoms with Crippen molar-refractivity contribution in [1.29, 1.82) is 0 Å². The van der Waals surface area contributed by atoms with Gasteiger partial charge in [0, 0.05) is 0 Å². The van der Waals surface area contributed by atoms with Crippen molar-refractivity contribution in [2.75, 3.05) is 0 Å². The summed E-state index contributed by atoms with van der Waals surface area (Å²) >= 11 is 0. The first-order valence-electron chi connectivity index (χ1n) is 6.40. The summed E-state index contributed by atoms with van der Waals surface area (Å²) in [7, 11) is 0. The molecule has 0 radical (unpaired) electrons. The predicted octanol–water partition coefficient (Wildman–Crippen LogP) is 4.74. The van der Waals surface area contributed by atoms with Gasteiger partial charge in [0.05, 0.1) is 0 Å². The fraction of sp³-hybridized carbons (Fsp3) is 0.500. The van der Waals surface area contributed by atoms with Crippen molar-refractivity contribution in [3.8, 4) is 0 Å². The summed E-state index contributed by atoms with van der Waals surface area (Å²) in [5.74, 6) is 0. The molecule has 0 amide bonds. The van der Waals surface area contributed by atoms with E-state index in [0.29, 0.717) is 0 Å². The molecule has 0 N–H and O–H groups in total. The summed E-state index contributed by atoms with van der Waals surface area (Å²) in [6, 6.07) is 4.63. The average Bonchev–Trinajstić information content (AvgIpc) is 2.38. The van der Waals surface area contributed by atoms with Crippen molar-refractivity contribution in [2.24, 2.45) is 0 Å². The quantitative estimate of drug-likeness (QED) is 0.640. The fourth-order valence-corrected chi connectivity index (χ4v) is 2.33. The van der Waals surface area contributed by atoms with Crippen LogP contribution in [0.15, 0.2) is 25.3 Å². The largest absolute Gasteiger partial charge is 0.106 e. The van der Waals surface area contributed by atoms with Crippen molar-refractivity contribution in [3.05, 3.63) is 47.5 Å². The molecule has 0 atom stereocenters. The summed E-state index contributed by atoms with van der Waals surface area (Å²) in [4.78, 5) is 0. The van der Waals surface area contributed by atoms with Crippen LogP contribution in [0.2, 0.25) is 0 Å². The molecule has 0 aliphatic heterocycles. The van der Waals surface area contributed by atoms with Gasteiger partial charge in [-0.15, -0.1) is 13.2 Å². The van der Waals surface area contributed by atoms with Crippen LogP contribution in [0.5, 0.6) is 0 Å². The van der Waals surface area contributed by atoms with Gasteiger partial charge in [-0.3, -0.25) is 0 Å². The Morgan fingerprint density at radius 3 is 1.19 bits per heavy atom. The van der Waals surface area contributed by atoms with E-state index >= 15 is 0 Å². The first kappa shape index (κ1) is 15.0. The number of hydrogen-bond donors (Lipinski definition) is 0. The van der Waals surface area contributed by atoms with Crippen LogP contribution < -0.4 is 0 Å². The van der Waals surface area contributed by atoms with Crippen LogP contribution in [0, 0.1) is 0 Å². The van der Waals surface area contributed by atoms with Gasteiger partial charge < -0.3 is 0 Å². The minimum Gasteiger partial charge on any atom is -0.106 e. The Bertz CT molecular complexity index is 279. The topological polar surface area (TPSA) is 0 Å². The monoisotopic (exact) mass is 218 g/mol. The van der Waals surface area contributed by atoms with Crippen molar-refractivity contribution in [1.82, 2.24) is 0 Å². The second-order valence-corrected chi connectivity index (χ2v) is 3.76. The third-order valence-electron chi connectivity index (χ3n) is 3.09. The molecular formula is C16H26. The van der Waals surface area contributed by atoms with Crippen LogP contribution in [-0.4, -0.2) is 0 Å². The van der Waals surface area contributed by atoms with E-state index in [2.05, 4.69) is 53.0 Å². The molecule has 1 aromatic carbocycles. The molecule has 0 bridgehead atoms. The molecule has 0 fully saturated rings. The summed E-state index contributed by atoms with van der Waals surface area (Å²) in [5, 5.41) is 0. The average molecular weight is 218 g/mol. The van der Waals surface area contributed by atoms with Crippen molar-refractivity contribution < 1.29 is 0 Å². The molecule has 0 saturated heterocycles. The van der Waals surface area contributed by atoms with Gasteiger partial charge in [0.25, 0.3) is 0 Å². The maximum atomic E-state index is 3.00. The van der Waals surface area contributed by atoms with Crippen LogP contribution in [-0.2, 0) is 25.7 Å². The lowest BCUT2D eigenvalue weighted by molar-refractivity contribution is 0.945. The molecular weight excluding hydrogens is 192 g/mol. The normalized spacial score (nSPS) is 9.50. The lowest BCUT2D eigenvalue weighted by Gasteiger charge is -2.15. The molecule has 0 aliphatic carbocycles. The molecule has 1 rings (SSSR count). The van der Waals surface area contributed by atoms with Crippen LogP contribution in [0.25, 0.3) is 0 Å². The summed E-state index contributed by atoms with van der Waals surface area (Å²) < 4.78 is 0. The standard InChI is InChI=1S/C14H22.C2H4/c1-5-11-9-10-12(6-2)14(8-4)13(11)7-3;1-2/h9-10H,5-8H2,1-4H3;1-2H2. The van der Waals surface area contributed by atoms with E-state index in [1.165, 1.54) is 25.7 Å². The molecule has 0 unspecified atom stereocenters. The van der Waals surface area contributed by atoms with Gasteiger partial charge >= 0.3 is 0 Å². The smallest absolute Gasteiger partial charge is 0.0302 e. The molecule has 0 aromatic heterocycles. The Kier molecular flexibility index (Phi) is 7.62. The van der Waals surface area contributed by atoms with E-state index in [9.17, 15) is 0 Å². The van der Waals surface area contributed by atoms with E-state index in [0.717, 1.165) is 0 Å². The number of rotatable bonds is 4. The van der Waals surface area contributed by atoms with Crippen LogP contribution in [0.3, 0.4) is 0 Å². The second kappa shape index (κ2) is 8.15. The van der Waals surface area contributed by atoms with Crippen LogP contribution in [0.4, 0.5) is 0 Å². The molecule has 0 heterocycles. The molecule has 16 heavy (non-hydrogen) atoms. The van der Waals surface area contributed by atoms with Crippen molar-refractivity contribution >= 4 is 0 Å². The van der Waals surface area contributed by atoms with Crippen molar-refractivity contribution in [2.45, 2.75) is 53.4 Å². The zero-order chi connectivity index (χ0) is 12.6. The van der Waals surface area contributed by atoms with Crippen LogP contribution >= 0.6 is 0 Å². The molecule has 0 nitrogen and oxygen atoms in total. The zero-order valence-electron chi connectivity index (χ0n) is 11.4. The zero-order valence-corrected chi connectivity index (χ0v) is 11.4. The Morgan fingerprint density at radius 1 is 0.688 bits per heavy atom. The van der Waals surface area contributed by atoms with Gasteiger partial charge in [0.1, 0.15) is 0 Å². The lowest BCUT2D eigenvalue weighted by Crippen LogP contribution is -2.01. The summed E-state index contributed by atoms with van der Waals surface area (Å²) in [6.07, 6.45) is 4.70. The third kappa shape index (κ3) is 3.23. The molecule has 90 valence electrons. The highest BCUT2D eigenvalue weighted by Crippen LogP contribution is 2.21. The molecule has 0 saturated carbocycles. The second-order valence-electron chi connectivity index (χ2n) is 3.76. The SMILES string of the molecule is C=C.CCc1ccc(CC)c(CC)c1CC. The molecule has 0 spiro atoms. The van der Waals surface area contributed by atoms with Gasteiger partial charge in [-0.05, 0) is 47.9 Å². The lowest BCUT2D eigenvalue weighted by atomic mass is 9.90.